The molecular formula is C29H38O4. The van der Waals surface area contributed by atoms with Crippen LogP contribution in [-0.2, 0) is 19.1 Å². The Morgan fingerprint density at radius 1 is 1.06 bits per heavy atom. The predicted octanol–water partition coefficient (Wildman–Crippen LogP) is 6.20. The van der Waals surface area contributed by atoms with Crippen molar-refractivity contribution in [3.63, 3.8) is 0 Å². The molecule has 5 rings (SSSR count). The highest BCUT2D eigenvalue weighted by Gasteiger charge is 2.65. The molecule has 1 saturated carbocycles. The standard InChI is InChI=1S/C29H38O4/c1-4-5-6-7-16-33-26(32)21-18-19-17-20(30)8-14-28(19,3)22-10-15-29-23(25(21)22)9-12-27(29,2)13-11-24(29)31/h9,17,21H,4-8,10-16,18H2,1-3H3/t21-,27+,28?,29?/m1/s1. The zero-order valence-corrected chi connectivity index (χ0v) is 20.6. The van der Waals surface area contributed by atoms with Gasteiger partial charge in [-0.3, -0.25) is 14.4 Å². The quantitative estimate of drug-likeness (QED) is 0.357. The van der Waals surface area contributed by atoms with E-state index in [4.69, 9.17) is 4.74 Å². The van der Waals surface area contributed by atoms with E-state index in [-0.39, 0.29) is 22.6 Å². The molecular weight excluding hydrogens is 412 g/mol. The van der Waals surface area contributed by atoms with Crippen LogP contribution in [0.5, 0.6) is 0 Å². The molecule has 0 bridgehead atoms. The molecule has 0 amide bonds. The molecule has 4 nitrogen and oxygen atoms in total. The molecule has 2 unspecified atom stereocenters. The lowest BCUT2D eigenvalue weighted by atomic mass is 9.50. The number of rotatable bonds is 6. The van der Waals surface area contributed by atoms with Gasteiger partial charge in [0.1, 0.15) is 5.78 Å². The summed E-state index contributed by atoms with van der Waals surface area (Å²) in [5.41, 5.74) is 4.05. The topological polar surface area (TPSA) is 60.4 Å². The zero-order valence-electron chi connectivity index (χ0n) is 20.6. The molecule has 0 aliphatic heterocycles. The molecule has 0 aromatic carbocycles. The Labute approximate surface area is 197 Å². The largest absolute Gasteiger partial charge is 0.465 e. The van der Waals surface area contributed by atoms with E-state index >= 15 is 0 Å². The number of hydrogen-bond acceptors (Lipinski definition) is 4. The maximum absolute atomic E-state index is 13.5. The van der Waals surface area contributed by atoms with Crippen molar-refractivity contribution in [3.8, 4) is 0 Å². The summed E-state index contributed by atoms with van der Waals surface area (Å²) in [6.07, 6.45) is 14.5. The fraction of sp³-hybridized carbons (Fsp3) is 0.690. The second-order valence-electron chi connectivity index (χ2n) is 11.6. The molecule has 5 aliphatic carbocycles. The molecule has 4 heteroatoms. The van der Waals surface area contributed by atoms with Crippen molar-refractivity contribution in [2.24, 2.45) is 22.2 Å². The Morgan fingerprint density at radius 3 is 2.67 bits per heavy atom. The first-order chi connectivity index (χ1) is 15.8. The van der Waals surface area contributed by atoms with Gasteiger partial charge in [-0.25, -0.2) is 0 Å². The number of allylic oxidation sites excluding steroid dienone is 5. The summed E-state index contributed by atoms with van der Waals surface area (Å²) in [7, 11) is 0. The summed E-state index contributed by atoms with van der Waals surface area (Å²) >= 11 is 0. The van der Waals surface area contributed by atoms with Gasteiger partial charge in [-0.15, -0.1) is 0 Å². The number of ketones is 2. The molecule has 4 atom stereocenters. The van der Waals surface area contributed by atoms with Crippen LogP contribution in [-0.4, -0.2) is 24.1 Å². The number of unbranched alkanes of at least 4 members (excludes halogenated alkanes) is 3. The van der Waals surface area contributed by atoms with E-state index in [1.165, 1.54) is 5.57 Å². The minimum absolute atomic E-state index is 0.0217. The summed E-state index contributed by atoms with van der Waals surface area (Å²) < 4.78 is 5.83. The van der Waals surface area contributed by atoms with Gasteiger partial charge in [0.05, 0.1) is 17.9 Å². The highest BCUT2D eigenvalue weighted by Crippen LogP contribution is 2.70. The van der Waals surface area contributed by atoms with Gasteiger partial charge in [0, 0.05) is 18.3 Å². The highest BCUT2D eigenvalue weighted by atomic mass is 16.5. The van der Waals surface area contributed by atoms with Crippen LogP contribution >= 0.6 is 0 Å². The minimum atomic E-state index is -0.423. The Bertz CT molecular complexity index is 997. The molecule has 1 fully saturated rings. The lowest BCUT2D eigenvalue weighted by Crippen LogP contribution is -2.46. The Morgan fingerprint density at radius 2 is 1.88 bits per heavy atom. The third-order valence-corrected chi connectivity index (χ3v) is 9.87. The maximum Gasteiger partial charge on any atom is 0.313 e. The van der Waals surface area contributed by atoms with Crippen LogP contribution < -0.4 is 0 Å². The molecule has 0 N–H and O–H groups in total. The predicted molar refractivity (Wildman–Crippen MR) is 127 cm³/mol. The van der Waals surface area contributed by atoms with Crippen LogP contribution in [0, 0.1) is 22.2 Å². The Kier molecular flexibility index (Phi) is 5.57. The smallest absolute Gasteiger partial charge is 0.313 e. The van der Waals surface area contributed by atoms with Crippen molar-refractivity contribution in [1.82, 2.24) is 0 Å². The normalized spacial score (nSPS) is 37.1. The lowest BCUT2D eigenvalue weighted by molar-refractivity contribution is -0.148. The van der Waals surface area contributed by atoms with E-state index in [9.17, 15) is 14.4 Å². The first-order valence-corrected chi connectivity index (χ1v) is 13.2. The van der Waals surface area contributed by atoms with Crippen molar-refractivity contribution in [1.29, 1.82) is 0 Å². The van der Waals surface area contributed by atoms with Crippen molar-refractivity contribution < 1.29 is 19.1 Å². The van der Waals surface area contributed by atoms with Crippen molar-refractivity contribution in [2.45, 2.75) is 97.8 Å². The van der Waals surface area contributed by atoms with Gasteiger partial charge in [-0.2, -0.15) is 0 Å². The van der Waals surface area contributed by atoms with Crippen molar-refractivity contribution in [2.75, 3.05) is 6.61 Å². The summed E-state index contributed by atoms with van der Waals surface area (Å²) in [4.78, 5) is 39.2. The van der Waals surface area contributed by atoms with Gasteiger partial charge in [0.15, 0.2) is 5.78 Å². The Balaban J connectivity index is 1.55. The molecule has 33 heavy (non-hydrogen) atoms. The first-order valence-electron chi connectivity index (χ1n) is 13.2. The van der Waals surface area contributed by atoms with Gasteiger partial charge >= 0.3 is 5.97 Å². The molecule has 0 radical (unpaired) electrons. The third-order valence-electron chi connectivity index (χ3n) is 9.87. The van der Waals surface area contributed by atoms with E-state index in [0.29, 0.717) is 31.7 Å². The zero-order chi connectivity index (χ0) is 23.4. The molecule has 5 aliphatic rings. The van der Waals surface area contributed by atoms with Gasteiger partial charge in [-0.1, -0.05) is 57.3 Å². The van der Waals surface area contributed by atoms with Crippen molar-refractivity contribution in [3.05, 3.63) is 34.4 Å². The van der Waals surface area contributed by atoms with E-state index in [1.54, 1.807) is 0 Å². The van der Waals surface area contributed by atoms with E-state index in [1.807, 2.05) is 6.08 Å². The van der Waals surface area contributed by atoms with E-state index in [0.717, 1.165) is 74.5 Å². The lowest BCUT2D eigenvalue weighted by Gasteiger charge is -2.52. The van der Waals surface area contributed by atoms with Crippen LogP contribution in [0.1, 0.15) is 97.8 Å². The summed E-state index contributed by atoms with van der Waals surface area (Å²) in [5.74, 6) is -0.0195. The van der Waals surface area contributed by atoms with Crippen molar-refractivity contribution >= 4 is 17.5 Å². The fourth-order valence-corrected chi connectivity index (χ4v) is 7.82. The molecule has 0 aromatic rings. The molecule has 0 aromatic heterocycles. The SMILES string of the molecule is CCCCCCOC(=O)[C@@H]1CC2=CC(=O)CCC2(C)C2=C1C1=CC[C@@]3(C)CCC(=O)C13CC2. The highest BCUT2D eigenvalue weighted by molar-refractivity contribution is 5.96. The molecule has 0 heterocycles. The van der Waals surface area contributed by atoms with Crippen LogP contribution in [0.3, 0.4) is 0 Å². The second-order valence-corrected chi connectivity index (χ2v) is 11.6. The number of carbonyl (C=O) groups excluding carboxylic acids is 3. The number of hydrogen-bond donors (Lipinski definition) is 0. The van der Waals surface area contributed by atoms with E-state index in [2.05, 4.69) is 26.8 Å². The molecule has 178 valence electrons. The van der Waals surface area contributed by atoms with E-state index < -0.39 is 11.3 Å². The molecule has 0 saturated heterocycles. The number of fused-ring (bicyclic) bond motifs is 3. The van der Waals surface area contributed by atoms with Crippen LogP contribution in [0.2, 0.25) is 0 Å². The van der Waals surface area contributed by atoms with Gasteiger partial charge < -0.3 is 4.74 Å². The maximum atomic E-state index is 13.5. The van der Waals surface area contributed by atoms with Crippen LogP contribution in [0.4, 0.5) is 0 Å². The van der Waals surface area contributed by atoms with Gasteiger partial charge in [0.25, 0.3) is 0 Å². The summed E-state index contributed by atoms with van der Waals surface area (Å²) in [5, 5.41) is 0. The average Bonchev–Trinajstić information content (AvgIpc) is 3.23. The van der Waals surface area contributed by atoms with Gasteiger partial charge in [0.2, 0.25) is 0 Å². The van der Waals surface area contributed by atoms with Gasteiger partial charge in [-0.05, 0) is 67.6 Å². The first kappa shape index (κ1) is 22.8. The Hall–Kier alpha value is -1.97. The van der Waals surface area contributed by atoms with Crippen LogP contribution in [0.25, 0.3) is 0 Å². The van der Waals surface area contributed by atoms with Crippen LogP contribution in [0.15, 0.2) is 34.4 Å². The second kappa shape index (κ2) is 8.06. The number of esters is 1. The number of carbonyl (C=O) groups is 3. The monoisotopic (exact) mass is 450 g/mol. The third kappa shape index (κ3) is 3.19. The average molecular weight is 451 g/mol. The summed E-state index contributed by atoms with van der Waals surface area (Å²) in [6, 6.07) is 0. The number of ether oxygens (including phenoxy) is 1. The fourth-order valence-electron chi connectivity index (χ4n) is 7.82. The molecule has 1 spiro atoms. The minimum Gasteiger partial charge on any atom is -0.465 e. The number of Topliss-reactive ketones (excluding diaryl/α,β-unsaturated/α-hetero) is 1. The summed E-state index contributed by atoms with van der Waals surface area (Å²) in [6.45, 7) is 7.16.